The number of primary amides is 1. The van der Waals surface area contributed by atoms with Gasteiger partial charge in [-0.3, -0.25) is 4.79 Å². The first-order valence-electron chi connectivity index (χ1n) is 5.78. The molecular formula is C14H15N3O2. The molecule has 0 spiro atoms. The lowest BCUT2D eigenvalue weighted by Gasteiger charge is -2.11. The molecule has 5 nitrogen and oxygen atoms in total. The molecule has 0 heterocycles. The maximum atomic E-state index is 11.3. The smallest absolute Gasteiger partial charge is 0.250 e. The van der Waals surface area contributed by atoms with Gasteiger partial charge in [-0.2, -0.15) is 0 Å². The number of hydrogen-bond acceptors (Lipinski definition) is 4. The van der Waals surface area contributed by atoms with E-state index < -0.39 is 5.91 Å². The minimum absolute atomic E-state index is 0.151. The van der Waals surface area contributed by atoms with Gasteiger partial charge in [0, 0.05) is 23.5 Å². The van der Waals surface area contributed by atoms with Gasteiger partial charge in [0.15, 0.2) is 0 Å². The van der Waals surface area contributed by atoms with Crippen molar-refractivity contribution in [2.45, 2.75) is 6.54 Å². The molecule has 5 heteroatoms. The van der Waals surface area contributed by atoms with Crippen LogP contribution < -0.4 is 16.8 Å². The van der Waals surface area contributed by atoms with E-state index in [0.717, 1.165) is 0 Å². The van der Waals surface area contributed by atoms with Gasteiger partial charge in [-0.1, -0.05) is 12.1 Å². The number of para-hydroxylation sites is 1. The molecule has 6 N–H and O–H groups in total. The Morgan fingerprint density at radius 3 is 2.68 bits per heavy atom. The van der Waals surface area contributed by atoms with Crippen molar-refractivity contribution in [3.63, 3.8) is 0 Å². The Hall–Kier alpha value is -2.69. The van der Waals surface area contributed by atoms with Crippen LogP contribution in [0.4, 0.5) is 11.4 Å². The number of nitrogens with two attached hydrogens (primary N) is 2. The Morgan fingerprint density at radius 2 is 1.95 bits per heavy atom. The zero-order valence-electron chi connectivity index (χ0n) is 10.3. The Labute approximate surface area is 110 Å². The molecule has 0 unspecified atom stereocenters. The van der Waals surface area contributed by atoms with Crippen molar-refractivity contribution in [3.05, 3.63) is 53.6 Å². The average Bonchev–Trinajstić information content (AvgIpc) is 2.40. The summed E-state index contributed by atoms with van der Waals surface area (Å²) in [5.74, 6) is -0.349. The quantitative estimate of drug-likeness (QED) is 0.494. The summed E-state index contributed by atoms with van der Waals surface area (Å²) in [5.41, 5.74) is 13.2. The second kappa shape index (κ2) is 5.30. The van der Waals surface area contributed by atoms with Crippen molar-refractivity contribution in [1.29, 1.82) is 0 Å². The van der Waals surface area contributed by atoms with Crippen LogP contribution in [0.1, 0.15) is 15.9 Å². The number of phenols is 1. The molecule has 19 heavy (non-hydrogen) atoms. The molecule has 0 radical (unpaired) electrons. The van der Waals surface area contributed by atoms with E-state index in [0.29, 0.717) is 29.0 Å². The highest BCUT2D eigenvalue weighted by atomic mass is 16.3. The number of nitrogen functional groups attached to an aromatic ring is 1. The van der Waals surface area contributed by atoms with Crippen molar-refractivity contribution in [2.24, 2.45) is 5.73 Å². The van der Waals surface area contributed by atoms with Crippen LogP contribution >= 0.6 is 0 Å². The first kappa shape index (κ1) is 12.8. The second-order valence-electron chi connectivity index (χ2n) is 4.15. The highest BCUT2D eigenvalue weighted by Gasteiger charge is 2.07. The molecule has 0 saturated heterocycles. The summed E-state index contributed by atoms with van der Waals surface area (Å²) < 4.78 is 0. The molecule has 2 aromatic rings. The van der Waals surface area contributed by atoms with Crippen LogP contribution in [0.2, 0.25) is 0 Å². The highest BCUT2D eigenvalue weighted by molar-refractivity contribution is 5.98. The lowest BCUT2D eigenvalue weighted by Crippen LogP contribution is -2.14. The fourth-order valence-corrected chi connectivity index (χ4v) is 1.79. The van der Waals surface area contributed by atoms with Crippen LogP contribution in [0.25, 0.3) is 0 Å². The largest absolute Gasteiger partial charge is 0.508 e. The summed E-state index contributed by atoms with van der Waals surface area (Å²) in [7, 11) is 0. The molecule has 0 fully saturated rings. The standard InChI is InChI=1S/C14H15N3O2/c15-10-5-6-13(18)9(7-10)8-17-12-4-2-1-3-11(12)14(16)19/h1-7,17-18H,8,15H2,(H2,16,19). The Kier molecular flexibility index (Phi) is 3.56. The lowest BCUT2D eigenvalue weighted by molar-refractivity contribution is 0.100. The molecule has 0 aromatic heterocycles. The molecule has 0 atom stereocenters. The average molecular weight is 257 g/mol. The van der Waals surface area contributed by atoms with E-state index in [1.165, 1.54) is 6.07 Å². The summed E-state index contributed by atoms with van der Waals surface area (Å²) in [6.45, 7) is 0.348. The van der Waals surface area contributed by atoms with Gasteiger partial charge in [-0.25, -0.2) is 0 Å². The number of nitrogens with one attached hydrogen (secondary N) is 1. The monoisotopic (exact) mass is 257 g/mol. The van der Waals surface area contributed by atoms with Crippen LogP contribution in [0.15, 0.2) is 42.5 Å². The molecular weight excluding hydrogens is 242 g/mol. The molecule has 0 saturated carbocycles. The van der Waals surface area contributed by atoms with E-state index >= 15 is 0 Å². The van der Waals surface area contributed by atoms with Crippen molar-refractivity contribution in [1.82, 2.24) is 0 Å². The molecule has 98 valence electrons. The number of hydrogen-bond donors (Lipinski definition) is 4. The molecule has 2 rings (SSSR count). The fraction of sp³-hybridized carbons (Fsp3) is 0.0714. The number of anilines is 2. The normalized spacial score (nSPS) is 10.1. The lowest BCUT2D eigenvalue weighted by atomic mass is 10.1. The first-order chi connectivity index (χ1) is 9.08. The van der Waals surface area contributed by atoms with Gasteiger partial charge in [0.1, 0.15) is 5.75 Å². The van der Waals surface area contributed by atoms with Gasteiger partial charge in [-0.05, 0) is 30.3 Å². The van der Waals surface area contributed by atoms with Gasteiger partial charge in [0.25, 0.3) is 5.91 Å². The Morgan fingerprint density at radius 1 is 1.21 bits per heavy atom. The topological polar surface area (TPSA) is 101 Å². The van der Waals surface area contributed by atoms with Crippen LogP contribution in [-0.4, -0.2) is 11.0 Å². The number of benzene rings is 2. The first-order valence-corrected chi connectivity index (χ1v) is 5.78. The Balaban J connectivity index is 2.19. The Bertz CT molecular complexity index is 611. The van der Waals surface area contributed by atoms with E-state index in [-0.39, 0.29) is 5.75 Å². The maximum absolute atomic E-state index is 11.3. The number of aromatic hydroxyl groups is 1. The maximum Gasteiger partial charge on any atom is 0.250 e. The molecule has 0 aliphatic carbocycles. The van der Waals surface area contributed by atoms with Crippen molar-refractivity contribution in [3.8, 4) is 5.75 Å². The van der Waals surface area contributed by atoms with E-state index in [4.69, 9.17) is 11.5 Å². The molecule has 0 bridgehead atoms. The second-order valence-corrected chi connectivity index (χ2v) is 4.15. The van der Waals surface area contributed by atoms with Gasteiger partial charge >= 0.3 is 0 Å². The number of phenolic OH excluding ortho intramolecular Hbond substituents is 1. The van der Waals surface area contributed by atoms with Crippen LogP contribution in [0, 0.1) is 0 Å². The van der Waals surface area contributed by atoms with Gasteiger partial charge in [0.2, 0.25) is 0 Å². The zero-order valence-corrected chi connectivity index (χ0v) is 10.3. The van der Waals surface area contributed by atoms with Gasteiger partial charge in [-0.15, -0.1) is 0 Å². The fourth-order valence-electron chi connectivity index (χ4n) is 1.79. The number of carbonyl (C=O) groups excluding carboxylic acids is 1. The van der Waals surface area contributed by atoms with Crippen molar-refractivity contribution < 1.29 is 9.90 Å². The minimum Gasteiger partial charge on any atom is -0.508 e. The summed E-state index contributed by atoms with van der Waals surface area (Å²) in [6, 6.07) is 11.8. The van der Waals surface area contributed by atoms with Gasteiger partial charge < -0.3 is 21.9 Å². The third-order valence-corrected chi connectivity index (χ3v) is 2.77. The molecule has 0 aliphatic heterocycles. The van der Waals surface area contributed by atoms with E-state index in [9.17, 15) is 9.90 Å². The van der Waals surface area contributed by atoms with Crippen LogP contribution in [0.3, 0.4) is 0 Å². The van der Waals surface area contributed by atoms with Crippen LogP contribution in [0.5, 0.6) is 5.75 Å². The number of carbonyl (C=O) groups is 1. The predicted octanol–water partition coefficient (Wildman–Crippen LogP) is 1.69. The number of rotatable bonds is 4. The van der Waals surface area contributed by atoms with E-state index in [1.54, 1.807) is 36.4 Å². The highest BCUT2D eigenvalue weighted by Crippen LogP contribution is 2.22. The van der Waals surface area contributed by atoms with Crippen molar-refractivity contribution >= 4 is 17.3 Å². The molecule has 1 amide bonds. The summed E-state index contributed by atoms with van der Waals surface area (Å²) in [5, 5.41) is 12.8. The molecule has 2 aromatic carbocycles. The van der Waals surface area contributed by atoms with E-state index in [2.05, 4.69) is 5.32 Å². The summed E-state index contributed by atoms with van der Waals surface area (Å²) in [4.78, 5) is 11.3. The van der Waals surface area contributed by atoms with Gasteiger partial charge in [0.05, 0.1) is 5.56 Å². The van der Waals surface area contributed by atoms with Crippen LogP contribution in [-0.2, 0) is 6.54 Å². The van der Waals surface area contributed by atoms with Crippen molar-refractivity contribution in [2.75, 3.05) is 11.1 Å². The summed E-state index contributed by atoms with van der Waals surface area (Å²) >= 11 is 0. The summed E-state index contributed by atoms with van der Waals surface area (Å²) in [6.07, 6.45) is 0. The zero-order chi connectivity index (χ0) is 13.8. The van der Waals surface area contributed by atoms with E-state index in [1.807, 2.05) is 0 Å². The SMILES string of the molecule is NC(=O)c1ccccc1NCc1cc(N)ccc1O. The third kappa shape index (κ3) is 2.95. The predicted molar refractivity (Wildman–Crippen MR) is 74.8 cm³/mol. The number of amides is 1. The minimum atomic E-state index is -0.500. The molecule has 0 aliphatic rings. The third-order valence-electron chi connectivity index (χ3n) is 2.77.